The number of nitrogens with one attached hydrogen (secondary N) is 1. The van der Waals surface area contributed by atoms with Crippen molar-refractivity contribution in [2.24, 2.45) is 0 Å². The minimum absolute atomic E-state index is 0.332. The average molecular weight is 258 g/mol. The van der Waals surface area contributed by atoms with Crippen molar-refractivity contribution in [2.45, 2.75) is 6.92 Å². The number of halogens is 1. The molecule has 1 heterocycles. The normalized spacial score (nSPS) is 10.8. The number of para-hydroxylation sites is 1. The van der Waals surface area contributed by atoms with Gasteiger partial charge in [0.25, 0.3) is 0 Å². The molecule has 0 saturated carbocycles. The first kappa shape index (κ1) is 11.5. The predicted molar refractivity (Wildman–Crippen MR) is 70.6 cm³/mol. The van der Waals surface area contributed by atoms with Gasteiger partial charge in [0.15, 0.2) is 11.0 Å². The third-order valence-corrected chi connectivity index (χ3v) is 2.93. The molecule has 0 unspecified atom stereocenters. The summed E-state index contributed by atoms with van der Waals surface area (Å²) in [5.41, 5.74) is 8.94. The molecule has 0 aliphatic heterocycles. The van der Waals surface area contributed by atoms with E-state index in [0.29, 0.717) is 28.1 Å². The summed E-state index contributed by atoms with van der Waals surface area (Å²) < 4.78 is 18.5. The Morgan fingerprint density at radius 3 is 2.74 bits per heavy atom. The fourth-order valence-corrected chi connectivity index (χ4v) is 1.91. The predicted octanol–water partition coefficient (Wildman–Crippen LogP) is 3.00. The highest BCUT2D eigenvalue weighted by Gasteiger charge is 2.12. The topological polar surface area (TPSA) is 77.0 Å². The van der Waals surface area contributed by atoms with Crippen LogP contribution >= 0.6 is 0 Å². The van der Waals surface area contributed by atoms with Gasteiger partial charge in [-0.1, -0.05) is 12.1 Å². The Labute approximate surface area is 108 Å². The summed E-state index contributed by atoms with van der Waals surface area (Å²) in [5, 5.41) is 10.5. The lowest BCUT2D eigenvalue weighted by molar-refractivity contribution is 0.316. The number of aromatic nitrogens is 2. The van der Waals surface area contributed by atoms with E-state index >= 15 is 0 Å². The summed E-state index contributed by atoms with van der Waals surface area (Å²) in [6.45, 7) is 1.82. The van der Waals surface area contributed by atoms with Gasteiger partial charge in [-0.05, 0) is 41.0 Å². The van der Waals surface area contributed by atoms with Crippen LogP contribution in [0.5, 0.6) is 0 Å². The Morgan fingerprint density at radius 1 is 1.16 bits per heavy atom. The molecule has 3 N–H and O–H groups in total. The van der Waals surface area contributed by atoms with Crippen LogP contribution in [0.25, 0.3) is 11.0 Å². The fraction of sp³-hybridized carbons (Fsp3) is 0.0769. The lowest BCUT2D eigenvalue weighted by atomic mass is 10.1. The standard InChI is InChI=1S/C13H11FN4O/c1-7-3-2-4-8(14)11(7)16-10-6-5-9(15)12-13(10)18-19-17-12/h2-6,16H,15H2,1H3. The van der Waals surface area contributed by atoms with Crippen LogP contribution in [0.3, 0.4) is 0 Å². The Morgan fingerprint density at radius 2 is 1.95 bits per heavy atom. The van der Waals surface area contributed by atoms with Crippen LogP contribution in [0.15, 0.2) is 35.0 Å². The van der Waals surface area contributed by atoms with Crippen LogP contribution in [0.4, 0.5) is 21.5 Å². The van der Waals surface area contributed by atoms with E-state index in [2.05, 4.69) is 20.3 Å². The number of nitrogen functional groups attached to an aromatic ring is 1. The van der Waals surface area contributed by atoms with Crippen LogP contribution in [-0.2, 0) is 0 Å². The van der Waals surface area contributed by atoms with Crippen LogP contribution in [0.1, 0.15) is 5.56 Å². The quantitative estimate of drug-likeness (QED) is 0.691. The molecule has 3 aromatic rings. The molecule has 0 fully saturated rings. The minimum atomic E-state index is -0.332. The number of nitrogens with zero attached hydrogens (tertiary/aromatic N) is 2. The second kappa shape index (κ2) is 4.24. The number of fused-ring (bicyclic) bond motifs is 1. The van der Waals surface area contributed by atoms with Gasteiger partial charge in [0, 0.05) is 0 Å². The molecule has 0 aliphatic rings. The van der Waals surface area contributed by atoms with Crippen molar-refractivity contribution in [3.8, 4) is 0 Å². The van der Waals surface area contributed by atoms with E-state index in [1.165, 1.54) is 6.07 Å². The Kier molecular flexibility index (Phi) is 2.56. The molecule has 0 spiro atoms. The first-order valence-corrected chi connectivity index (χ1v) is 5.69. The van der Waals surface area contributed by atoms with E-state index < -0.39 is 0 Å². The maximum absolute atomic E-state index is 13.8. The summed E-state index contributed by atoms with van der Waals surface area (Å²) in [7, 11) is 0. The van der Waals surface area contributed by atoms with Gasteiger partial charge in [0.05, 0.1) is 17.1 Å². The zero-order valence-electron chi connectivity index (χ0n) is 10.1. The van der Waals surface area contributed by atoms with Gasteiger partial charge in [-0.15, -0.1) is 0 Å². The van der Waals surface area contributed by atoms with Crippen molar-refractivity contribution >= 4 is 28.1 Å². The van der Waals surface area contributed by atoms with Gasteiger partial charge in [-0.25, -0.2) is 9.02 Å². The molecule has 96 valence electrons. The first-order valence-electron chi connectivity index (χ1n) is 5.69. The third-order valence-electron chi connectivity index (χ3n) is 2.93. The highest BCUT2D eigenvalue weighted by molar-refractivity contribution is 5.96. The van der Waals surface area contributed by atoms with Gasteiger partial charge in [-0.2, -0.15) is 0 Å². The first-order chi connectivity index (χ1) is 9.16. The molecule has 19 heavy (non-hydrogen) atoms. The maximum Gasteiger partial charge on any atom is 0.160 e. The molecule has 0 saturated heterocycles. The van der Waals surface area contributed by atoms with Gasteiger partial charge in [0.2, 0.25) is 0 Å². The van der Waals surface area contributed by atoms with Crippen LogP contribution in [-0.4, -0.2) is 10.3 Å². The van der Waals surface area contributed by atoms with E-state index in [9.17, 15) is 4.39 Å². The highest BCUT2D eigenvalue weighted by Crippen LogP contribution is 2.30. The molecule has 0 atom stereocenters. The smallest absolute Gasteiger partial charge is 0.160 e. The van der Waals surface area contributed by atoms with Crippen LogP contribution < -0.4 is 11.1 Å². The van der Waals surface area contributed by atoms with E-state index in [-0.39, 0.29) is 5.82 Å². The molecule has 2 aromatic carbocycles. The largest absolute Gasteiger partial charge is 0.397 e. The number of aryl methyl sites for hydroxylation is 1. The average Bonchev–Trinajstić information content (AvgIpc) is 2.87. The van der Waals surface area contributed by atoms with Crippen molar-refractivity contribution < 1.29 is 9.02 Å². The number of benzene rings is 2. The molecule has 6 heteroatoms. The monoisotopic (exact) mass is 258 g/mol. The molecule has 5 nitrogen and oxygen atoms in total. The van der Waals surface area contributed by atoms with Gasteiger partial charge < -0.3 is 11.1 Å². The number of rotatable bonds is 2. The summed E-state index contributed by atoms with van der Waals surface area (Å²) in [6.07, 6.45) is 0. The Balaban J connectivity index is 2.11. The second-order valence-electron chi connectivity index (χ2n) is 4.22. The molecule has 0 amide bonds. The molecule has 1 aromatic heterocycles. The summed E-state index contributed by atoms with van der Waals surface area (Å²) in [5.74, 6) is -0.332. The van der Waals surface area contributed by atoms with Crippen LogP contribution in [0.2, 0.25) is 0 Å². The zero-order chi connectivity index (χ0) is 13.4. The van der Waals surface area contributed by atoms with E-state index in [1.807, 2.05) is 13.0 Å². The number of hydrogen-bond donors (Lipinski definition) is 2. The molecular weight excluding hydrogens is 247 g/mol. The zero-order valence-corrected chi connectivity index (χ0v) is 10.1. The Bertz CT molecular complexity index is 733. The number of nitrogens with two attached hydrogens (primary N) is 1. The SMILES string of the molecule is Cc1cccc(F)c1Nc1ccc(N)c2nonc12. The molecule has 0 bridgehead atoms. The van der Waals surface area contributed by atoms with Gasteiger partial charge in [0.1, 0.15) is 5.82 Å². The second-order valence-corrected chi connectivity index (χ2v) is 4.22. The molecular formula is C13H11FN4O. The molecule has 0 radical (unpaired) electrons. The van der Waals surface area contributed by atoms with Crippen molar-refractivity contribution in [1.82, 2.24) is 10.3 Å². The lowest BCUT2D eigenvalue weighted by Gasteiger charge is -2.10. The fourth-order valence-electron chi connectivity index (χ4n) is 1.91. The van der Waals surface area contributed by atoms with Gasteiger partial charge in [-0.3, -0.25) is 0 Å². The third kappa shape index (κ3) is 1.87. The number of hydrogen-bond acceptors (Lipinski definition) is 5. The van der Waals surface area contributed by atoms with Crippen molar-refractivity contribution in [3.63, 3.8) is 0 Å². The maximum atomic E-state index is 13.8. The van der Waals surface area contributed by atoms with Crippen molar-refractivity contribution in [2.75, 3.05) is 11.1 Å². The molecule has 0 aliphatic carbocycles. The van der Waals surface area contributed by atoms with E-state index in [0.717, 1.165) is 5.56 Å². The Hall–Kier alpha value is -2.63. The van der Waals surface area contributed by atoms with Gasteiger partial charge >= 0.3 is 0 Å². The highest BCUT2D eigenvalue weighted by atomic mass is 19.1. The van der Waals surface area contributed by atoms with Crippen molar-refractivity contribution in [3.05, 3.63) is 41.7 Å². The minimum Gasteiger partial charge on any atom is -0.397 e. The van der Waals surface area contributed by atoms with Crippen LogP contribution in [0, 0.1) is 12.7 Å². The van der Waals surface area contributed by atoms with E-state index in [4.69, 9.17) is 5.73 Å². The molecule has 3 rings (SSSR count). The lowest BCUT2D eigenvalue weighted by Crippen LogP contribution is -1.98. The summed E-state index contributed by atoms with van der Waals surface area (Å²) >= 11 is 0. The van der Waals surface area contributed by atoms with E-state index in [1.54, 1.807) is 18.2 Å². The summed E-state index contributed by atoms with van der Waals surface area (Å²) in [4.78, 5) is 0. The summed E-state index contributed by atoms with van der Waals surface area (Å²) in [6, 6.07) is 8.26. The van der Waals surface area contributed by atoms with Crippen molar-refractivity contribution in [1.29, 1.82) is 0 Å². The number of anilines is 3.